The van der Waals surface area contributed by atoms with E-state index in [4.69, 9.17) is 9.84 Å². The number of methoxy groups -OCH3 is 1. The average Bonchev–Trinajstić information content (AvgIpc) is 2.31. The molecule has 0 unspecified atom stereocenters. The van der Waals surface area contributed by atoms with E-state index in [0.717, 1.165) is 0 Å². The van der Waals surface area contributed by atoms with Crippen molar-refractivity contribution in [2.45, 2.75) is 0 Å². The smallest absolute Gasteiger partial charge is 0.265 e. The highest BCUT2D eigenvalue weighted by atomic mass is 16.5. The summed E-state index contributed by atoms with van der Waals surface area (Å²) < 4.78 is 4.90. The molecule has 0 aliphatic rings. The van der Waals surface area contributed by atoms with Crippen LogP contribution >= 0.6 is 0 Å². The van der Waals surface area contributed by atoms with E-state index in [0.29, 0.717) is 11.3 Å². The first kappa shape index (κ1) is 12.0. The van der Waals surface area contributed by atoms with Gasteiger partial charge in [-0.1, -0.05) is 6.07 Å². The number of phenolic OH excluding ortho intramolecular Hbond substituents is 1. The van der Waals surface area contributed by atoms with Crippen LogP contribution in [0.4, 0.5) is 0 Å². The zero-order valence-electron chi connectivity index (χ0n) is 8.67. The largest absolute Gasteiger partial charge is 0.504 e. The molecule has 1 amide bonds. The lowest BCUT2D eigenvalue weighted by Crippen LogP contribution is -2.20. The van der Waals surface area contributed by atoms with Gasteiger partial charge in [0, 0.05) is 5.56 Å². The molecule has 1 aromatic carbocycles. The summed E-state index contributed by atoms with van der Waals surface area (Å²) in [4.78, 5) is 10.6. The van der Waals surface area contributed by atoms with Crippen molar-refractivity contribution in [1.29, 1.82) is 0 Å². The number of carbonyl (C=O) groups excluding carboxylic acids is 1. The summed E-state index contributed by atoms with van der Waals surface area (Å²) in [7, 11) is 1.43. The summed E-state index contributed by atoms with van der Waals surface area (Å²) in [5.41, 5.74) is 2.47. The Morgan fingerprint density at radius 1 is 1.62 bits per heavy atom. The van der Waals surface area contributed by atoms with Crippen LogP contribution < -0.4 is 10.2 Å². The average molecular weight is 224 g/mol. The molecule has 0 bridgehead atoms. The third-order valence-electron chi connectivity index (χ3n) is 1.79. The molecule has 0 spiro atoms. The third-order valence-corrected chi connectivity index (χ3v) is 1.79. The number of carbonyl (C=O) groups is 1. The van der Waals surface area contributed by atoms with Gasteiger partial charge in [0.25, 0.3) is 5.91 Å². The number of hydrazone groups is 1. The second-order valence-electron chi connectivity index (χ2n) is 2.85. The van der Waals surface area contributed by atoms with Crippen LogP contribution in [0.5, 0.6) is 11.5 Å². The van der Waals surface area contributed by atoms with E-state index in [-0.39, 0.29) is 5.75 Å². The molecule has 0 radical (unpaired) electrons. The highest BCUT2D eigenvalue weighted by Crippen LogP contribution is 2.27. The van der Waals surface area contributed by atoms with Crippen LogP contribution in [0, 0.1) is 0 Å². The van der Waals surface area contributed by atoms with Crippen molar-refractivity contribution < 1.29 is 19.7 Å². The fraction of sp³-hybridized carbons (Fsp3) is 0.200. The summed E-state index contributed by atoms with van der Waals surface area (Å²) in [5.74, 6) is -0.372. The molecule has 16 heavy (non-hydrogen) atoms. The van der Waals surface area contributed by atoms with Gasteiger partial charge >= 0.3 is 0 Å². The van der Waals surface area contributed by atoms with E-state index < -0.39 is 12.5 Å². The van der Waals surface area contributed by atoms with Gasteiger partial charge in [-0.15, -0.1) is 0 Å². The molecule has 1 aromatic rings. The minimum absolute atomic E-state index is 0.0630. The predicted octanol–water partition coefficient (Wildman–Crippen LogP) is -0.157. The molecule has 0 heterocycles. The number of ether oxygens (including phenoxy) is 1. The summed E-state index contributed by atoms with van der Waals surface area (Å²) in [5, 5.41) is 21.6. The highest BCUT2D eigenvalue weighted by Gasteiger charge is 2.04. The van der Waals surface area contributed by atoms with Crippen LogP contribution in [-0.2, 0) is 4.79 Å². The van der Waals surface area contributed by atoms with Crippen molar-refractivity contribution in [3.8, 4) is 11.5 Å². The first-order valence-electron chi connectivity index (χ1n) is 4.47. The summed E-state index contributed by atoms with van der Waals surface area (Å²) in [6.07, 6.45) is 1.26. The van der Waals surface area contributed by atoms with Crippen LogP contribution in [0.15, 0.2) is 23.3 Å². The van der Waals surface area contributed by atoms with Gasteiger partial charge in [-0.2, -0.15) is 5.10 Å². The van der Waals surface area contributed by atoms with Crippen LogP contribution in [0.1, 0.15) is 5.56 Å². The van der Waals surface area contributed by atoms with Crippen molar-refractivity contribution in [2.24, 2.45) is 5.10 Å². The van der Waals surface area contributed by atoms with Gasteiger partial charge in [0.15, 0.2) is 11.5 Å². The third kappa shape index (κ3) is 2.96. The molecule has 6 nitrogen and oxygen atoms in total. The SMILES string of the molecule is COc1cccc(/C=N\NC(=O)CO)c1O. The highest BCUT2D eigenvalue weighted by molar-refractivity contribution is 5.86. The predicted molar refractivity (Wildman–Crippen MR) is 57.5 cm³/mol. The summed E-state index contributed by atoms with van der Waals surface area (Å²) in [6.45, 7) is -0.637. The van der Waals surface area contributed by atoms with Gasteiger partial charge in [0.2, 0.25) is 0 Å². The Morgan fingerprint density at radius 3 is 3.00 bits per heavy atom. The molecule has 0 aromatic heterocycles. The zero-order chi connectivity index (χ0) is 12.0. The molecule has 0 aliphatic carbocycles. The fourth-order valence-corrected chi connectivity index (χ4v) is 1.02. The molecule has 0 aliphatic heterocycles. The Kier molecular flexibility index (Phi) is 4.28. The van der Waals surface area contributed by atoms with Crippen molar-refractivity contribution in [3.05, 3.63) is 23.8 Å². The molecule has 0 saturated carbocycles. The number of phenols is 1. The second kappa shape index (κ2) is 5.72. The number of hydrogen-bond donors (Lipinski definition) is 3. The Bertz CT molecular complexity index is 404. The van der Waals surface area contributed by atoms with Gasteiger partial charge in [-0.05, 0) is 12.1 Å². The monoisotopic (exact) mass is 224 g/mol. The van der Waals surface area contributed by atoms with Gasteiger partial charge in [-0.3, -0.25) is 4.79 Å². The number of nitrogens with zero attached hydrogens (tertiary/aromatic N) is 1. The lowest BCUT2D eigenvalue weighted by Gasteiger charge is -2.04. The van der Waals surface area contributed by atoms with Crippen molar-refractivity contribution in [1.82, 2.24) is 5.43 Å². The lowest BCUT2D eigenvalue weighted by atomic mass is 10.2. The fourth-order valence-electron chi connectivity index (χ4n) is 1.02. The normalized spacial score (nSPS) is 10.4. The summed E-state index contributed by atoms with van der Waals surface area (Å²) in [6, 6.07) is 4.87. The number of amides is 1. The number of benzene rings is 1. The van der Waals surface area contributed by atoms with E-state index >= 15 is 0 Å². The topological polar surface area (TPSA) is 91.2 Å². The Hall–Kier alpha value is -2.08. The zero-order valence-corrected chi connectivity index (χ0v) is 8.67. The maximum absolute atomic E-state index is 10.6. The lowest BCUT2D eigenvalue weighted by molar-refractivity contribution is -0.123. The van der Waals surface area contributed by atoms with E-state index in [9.17, 15) is 9.90 Å². The molecule has 1 rings (SSSR count). The molecule has 0 atom stereocenters. The minimum Gasteiger partial charge on any atom is -0.504 e. The van der Waals surface area contributed by atoms with Gasteiger partial charge in [-0.25, -0.2) is 5.43 Å². The Labute approximate surface area is 92.2 Å². The van der Waals surface area contributed by atoms with E-state index in [1.54, 1.807) is 18.2 Å². The molecular formula is C10H12N2O4. The molecule has 0 saturated heterocycles. The Balaban J connectivity index is 2.77. The van der Waals surface area contributed by atoms with Crippen molar-refractivity contribution in [2.75, 3.05) is 13.7 Å². The van der Waals surface area contributed by atoms with Crippen molar-refractivity contribution >= 4 is 12.1 Å². The maximum atomic E-state index is 10.6. The number of aliphatic hydroxyl groups excluding tert-OH is 1. The second-order valence-corrected chi connectivity index (χ2v) is 2.85. The van der Waals surface area contributed by atoms with Crippen LogP contribution in [-0.4, -0.2) is 36.1 Å². The van der Waals surface area contributed by atoms with Crippen molar-refractivity contribution in [3.63, 3.8) is 0 Å². The standard InChI is InChI=1S/C10H12N2O4/c1-16-8-4-2-3-7(10(8)15)5-11-12-9(14)6-13/h2-5,13,15H,6H2,1H3,(H,12,14)/b11-5-. The van der Waals surface area contributed by atoms with Crippen LogP contribution in [0.3, 0.4) is 0 Å². The molecule has 0 fully saturated rings. The van der Waals surface area contributed by atoms with E-state index in [1.165, 1.54) is 13.3 Å². The quantitative estimate of drug-likeness (QED) is 0.489. The molecular weight excluding hydrogens is 212 g/mol. The Morgan fingerprint density at radius 2 is 2.38 bits per heavy atom. The van der Waals surface area contributed by atoms with E-state index in [2.05, 4.69) is 10.5 Å². The van der Waals surface area contributed by atoms with Crippen LogP contribution in [0.2, 0.25) is 0 Å². The number of para-hydroxylation sites is 1. The first-order valence-corrected chi connectivity index (χ1v) is 4.47. The minimum atomic E-state index is -0.637. The van der Waals surface area contributed by atoms with Gasteiger partial charge < -0.3 is 14.9 Å². The number of hydrogen-bond acceptors (Lipinski definition) is 5. The van der Waals surface area contributed by atoms with Gasteiger partial charge in [0.1, 0.15) is 6.61 Å². The first-order chi connectivity index (χ1) is 7.69. The molecule has 6 heteroatoms. The number of aromatic hydroxyl groups is 1. The molecule has 3 N–H and O–H groups in total. The van der Waals surface area contributed by atoms with Crippen LogP contribution in [0.25, 0.3) is 0 Å². The van der Waals surface area contributed by atoms with E-state index in [1.807, 2.05) is 0 Å². The molecule has 86 valence electrons. The number of nitrogens with one attached hydrogen (secondary N) is 1. The number of aliphatic hydroxyl groups is 1. The summed E-state index contributed by atoms with van der Waals surface area (Å²) >= 11 is 0. The maximum Gasteiger partial charge on any atom is 0.265 e. The van der Waals surface area contributed by atoms with Gasteiger partial charge in [0.05, 0.1) is 13.3 Å². The number of rotatable bonds is 4.